The van der Waals surface area contributed by atoms with Crippen molar-refractivity contribution in [3.8, 4) is 0 Å². The predicted octanol–water partition coefficient (Wildman–Crippen LogP) is 2.48. The van der Waals surface area contributed by atoms with Crippen LogP contribution in [0.15, 0.2) is 41.6 Å². The van der Waals surface area contributed by atoms with Crippen LogP contribution in [-0.2, 0) is 14.8 Å². The van der Waals surface area contributed by atoms with Gasteiger partial charge in [-0.1, -0.05) is 32.4 Å². The summed E-state index contributed by atoms with van der Waals surface area (Å²) in [7, 11) is -3.88. The van der Waals surface area contributed by atoms with E-state index in [2.05, 4.69) is 9.71 Å². The van der Waals surface area contributed by atoms with Gasteiger partial charge in [0.2, 0.25) is 5.91 Å². The second-order valence-corrected chi connectivity index (χ2v) is 6.66. The summed E-state index contributed by atoms with van der Waals surface area (Å²) in [5.41, 5.74) is 0. The molecule has 112 valence electrons. The molecule has 0 bridgehead atoms. The molecule has 0 aliphatic carbocycles. The highest BCUT2D eigenvalue weighted by Crippen LogP contribution is 2.22. The number of hydrogen-bond donors (Lipinski definition) is 1. The van der Waals surface area contributed by atoms with Crippen molar-refractivity contribution in [2.75, 3.05) is 0 Å². The van der Waals surface area contributed by atoms with E-state index < -0.39 is 15.9 Å². The molecule has 2 aromatic rings. The monoisotopic (exact) mass is 306 g/mol. The lowest BCUT2D eigenvalue weighted by Gasteiger charge is -2.13. The molecule has 0 fully saturated rings. The zero-order valence-electron chi connectivity index (χ0n) is 12.0. The Morgan fingerprint density at radius 2 is 2.10 bits per heavy atom. The first kappa shape index (κ1) is 15.4. The Balaban J connectivity index is 2.37. The van der Waals surface area contributed by atoms with E-state index >= 15 is 0 Å². The van der Waals surface area contributed by atoms with Crippen molar-refractivity contribution in [1.82, 2.24) is 9.71 Å². The minimum Gasteiger partial charge on any atom is -0.274 e. The fourth-order valence-electron chi connectivity index (χ4n) is 2.18. The molecule has 0 saturated heterocycles. The first-order valence-corrected chi connectivity index (χ1v) is 8.33. The lowest BCUT2D eigenvalue weighted by Crippen LogP contribution is -2.34. The first-order chi connectivity index (χ1) is 9.95. The van der Waals surface area contributed by atoms with Gasteiger partial charge in [-0.25, -0.2) is 13.1 Å². The van der Waals surface area contributed by atoms with E-state index in [-0.39, 0.29) is 10.8 Å². The minimum atomic E-state index is -3.88. The lowest BCUT2D eigenvalue weighted by atomic mass is 10.1. The van der Waals surface area contributed by atoms with Crippen molar-refractivity contribution < 1.29 is 13.2 Å². The molecule has 1 aromatic heterocycles. The third kappa shape index (κ3) is 3.39. The molecule has 6 heteroatoms. The van der Waals surface area contributed by atoms with Crippen LogP contribution in [0.3, 0.4) is 0 Å². The van der Waals surface area contributed by atoms with Gasteiger partial charge < -0.3 is 0 Å². The van der Waals surface area contributed by atoms with Crippen molar-refractivity contribution >= 4 is 26.7 Å². The summed E-state index contributed by atoms with van der Waals surface area (Å²) in [4.78, 5) is 16.0. The zero-order valence-corrected chi connectivity index (χ0v) is 12.9. The van der Waals surface area contributed by atoms with Crippen LogP contribution < -0.4 is 4.72 Å². The molecule has 0 radical (unpaired) electrons. The molecule has 0 aliphatic heterocycles. The molecular weight excluding hydrogens is 288 g/mol. The Bertz CT molecular complexity index is 751. The van der Waals surface area contributed by atoms with Crippen molar-refractivity contribution in [2.24, 2.45) is 5.92 Å². The second-order valence-electron chi connectivity index (χ2n) is 5.01. The number of aromatic nitrogens is 1. The van der Waals surface area contributed by atoms with Gasteiger partial charge in [0, 0.05) is 29.1 Å². The van der Waals surface area contributed by atoms with E-state index in [1.807, 2.05) is 6.92 Å². The van der Waals surface area contributed by atoms with Crippen LogP contribution in [0.2, 0.25) is 0 Å². The number of nitrogens with one attached hydrogen (secondary N) is 1. The molecule has 0 saturated carbocycles. The summed E-state index contributed by atoms with van der Waals surface area (Å²) in [6.45, 7) is 3.68. The lowest BCUT2D eigenvalue weighted by molar-refractivity contribution is -0.122. The molecule has 21 heavy (non-hydrogen) atoms. The topological polar surface area (TPSA) is 76.1 Å². The summed E-state index contributed by atoms with van der Waals surface area (Å²) in [6.07, 6.45) is 4.61. The molecule has 5 nitrogen and oxygen atoms in total. The molecule has 1 atom stereocenters. The van der Waals surface area contributed by atoms with Gasteiger partial charge >= 0.3 is 0 Å². The maximum Gasteiger partial charge on any atom is 0.264 e. The average Bonchev–Trinajstić information content (AvgIpc) is 2.46. The molecule has 1 heterocycles. The SMILES string of the molecule is CCC[C@H](C)C(=O)NS(=O)(=O)c1cccc2cnccc12. The normalized spacial score (nSPS) is 13.0. The van der Waals surface area contributed by atoms with Gasteiger partial charge in [-0.15, -0.1) is 0 Å². The largest absolute Gasteiger partial charge is 0.274 e. The van der Waals surface area contributed by atoms with Crippen molar-refractivity contribution in [2.45, 2.75) is 31.6 Å². The van der Waals surface area contributed by atoms with Crippen LogP contribution in [0.1, 0.15) is 26.7 Å². The highest BCUT2D eigenvalue weighted by atomic mass is 32.2. The molecular formula is C15H18N2O3S. The van der Waals surface area contributed by atoms with Crippen LogP contribution >= 0.6 is 0 Å². The van der Waals surface area contributed by atoms with Crippen molar-refractivity contribution in [3.05, 3.63) is 36.7 Å². The maximum atomic E-state index is 12.4. The highest BCUT2D eigenvalue weighted by Gasteiger charge is 2.22. The Morgan fingerprint density at radius 3 is 2.81 bits per heavy atom. The molecule has 1 amide bonds. The van der Waals surface area contributed by atoms with E-state index in [9.17, 15) is 13.2 Å². The van der Waals surface area contributed by atoms with Crippen molar-refractivity contribution in [1.29, 1.82) is 0 Å². The van der Waals surface area contributed by atoms with Gasteiger partial charge in [0.25, 0.3) is 10.0 Å². The van der Waals surface area contributed by atoms with E-state index in [4.69, 9.17) is 0 Å². The standard InChI is InChI=1S/C15H18N2O3S/c1-3-5-11(2)15(18)17-21(19,20)14-7-4-6-12-10-16-9-8-13(12)14/h4,6-11H,3,5H2,1-2H3,(H,17,18)/t11-/m0/s1. The minimum absolute atomic E-state index is 0.0967. The molecule has 0 unspecified atom stereocenters. The number of rotatable bonds is 5. The number of hydrogen-bond acceptors (Lipinski definition) is 4. The zero-order chi connectivity index (χ0) is 15.5. The van der Waals surface area contributed by atoms with Gasteiger partial charge in [-0.2, -0.15) is 0 Å². The average molecular weight is 306 g/mol. The van der Waals surface area contributed by atoms with Crippen LogP contribution in [0.5, 0.6) is 0 Å². The summed E-state index contributed by atoms with van der Waals surface area (Å²) < 4.78 is 27.0. The molecule has 1 N–H and O–H groups in total. The van der Waals surface area contributed by atoms with E-state index in [0.717, 1.165) is 11.8 Å². The Hall–Kier alpha value is -1.95. The van der Waals surface area contributed by atoms with Crippen molar-refractivity contribution in [3.63, 3.8) is 0 Å². The fraction of sp³-hybridized carbons (Fsp3) is 0.333. The first-order valence-electron chi connectivity index (χ1n) is 6.85. The summed E-state index contributed by atoms with van der Waals surface area (Å²) in [5, 5.41) is 1.27. The fourth-order valence-corrected chi connectivity index (χ4v) is 3.49. The molecule has 2 rings (SSSR count). The Kier molecular flexibility index (Phi) is 4.57. The molecule has 1 aromatic carbocycles. The maximum absolute atomic E-state index is 12.4. The van der Waals surface area contributed by atoms with Gasteiger partial charge in [0.05, 0.1) is 4.90 Å². The number of nitrogens with zero attached hydrogens (tertiary/aromatic N) is 1. The van der Waals surface area contributed by atoms with Gasteiger partial charge in [0.15, 0.2) is 0 Å². The van der Waals surface area contributed by atoms with Gasteiger partial charge in [-0.3, -0.25) is 9.78 Å². The van der Waals surface area contributed by atoms with Crippen LogP contribution in [0.25, 0.3) is 10.8 Å². The third-order valence-corrected chi connectivity index (χ3v) is 4.74. The highest BCUT2D eigenvalue weighted by molar-refractivity contribution is 7.90. The third-order valence-electron chi connectivity index (χ3n) is 3.33. The van der Waals surface area contributed by atoms with Gasteiger partial charge in [-0.05, 0) is 18.6 Å². The molecule has 0 spiro atoms. The summed E-state index contributed by atoms with van der Waals surface area (Å²) in [6, 6.07) is 6.54. The van der Waals surface area contributed by atoms with E-state index in [1.165, 1.54) is 12.3 Å². The Labute approximate surface area is 124 Å². The van der Waals surface area contributed by atoms with E-state index in [0.29, 0.717) is 11.8 Å². The van der Waals surface area contributed by atoms with Gasteiger partial charge in [0.1, 0.15) is 0 Å². The smallest absolute Gasteiger partial charge is 0.264 e. The number of sulfonamides is 1. The number of carbonyl (C=O) groups is 1. The number of amides is 1. The summed E-state index contributed by atoms with van der Waals surface area (Å²) in [5.74, 6) is -0.802. The van der Waals surface area contributed by atoms with Crippen LogP contribution in [0.4, 0.5) is 0 Å². The predicted molar refractivity (Wildman–Crippen MR) is 81.1 cm³/mol. The Morgan fingerprint density at radius 1 is 1.33 bits per heavy atom. The van der Waals surface area contributed by atoms with Crippen LogP contribution in [0, 0.1) is 5.92 Å². The second kappa shape index (κ2) is 6.22. The number of fused-ring (bicyclic) bond motifs is 1. The molecule has 0 aliphatic rings. The van der Waals surface area contributed by atoms with E-state index in [1.54, 1.807) is 31.3 Å². The number of pyridine rings is 1. The summed E-state index contributed by atoms with van der Waals surface area (Å²) >= 11 is 0. The van der Waals surface area contributed by atoms with Crippen LogP contribution in [-0.4, -0.2) is 19.3 Å². The quantitative estimate of drug-likeness (QED) is 0.920. The number of carbonyl (C=O) groups excluding carboxylic acids is 1. The number of benzene rings is 1.